The van der Waals surface area contributed by atoms with E-state index in [4.69, 9.17) is 0 Å². The molecule has 2 aromatic heterocycles. The van der Waals surface area contributed by atoms with Crippen molar-refractivity contribution in [3.8, 4) is 0 Å². The quantitative estimate of drug-likeness (QED) is 0.627. The van der Waals surface area contributed by atoms with E-state index >= 15 is 0 Å². The number of halogens is 1. The number of amides is 1. The summed E-state index contributed by atoms with van der Waals surface area (Å²) >= 11 is 3.51. The highest BCUT2D eigenvalue weighted by Gasteiger charge is 2.20. The van der Waals surface area contributed by atoms with E-state index in [1.54, 1.807) is 4.57 Å². The third kappa shape index (κ3) is 3.55. The summed E-state index contributed by atoms with van der Waals surface area (Å²) in [6.45, 7) is 4.52. The van der Waals surface area contributed by atoms with Crippen LogP contribution in [-0.4, -0.2) is 32.9 Å². The fraction of sp³-hybridized carbons (Fsp3) is 0.429. The molecule has 0 aliphatic carbocycles. The van der Waals surface area contributed by atoms with Crippen molar-refractivity contribution in [2.24, 2.45) is 5.92 Å². The Morgan fingerprint density at radius 2 is 1.93 bits per heavy atom. The number of rotatable bonds is 4. The second-order valence-corrected chi connectivity index (χ2v) is 8.44. The van der Waals surface area contributed by atoms with E-state index in [0.29, 0.717) is 30.8 Å². The van der Waals surface area contributed by atoms with E-state index in [-0.39, 0.29) is 11.5 Å². The van der Waals surface area contributed by atoms with Crippen LogP contribution >= 0.6 is 15.9 Å². The van der Waals surface area contributed by atoms with Crippen LogP contribution in [0, 0.1) is 5.92 Å². The molecule has 0 spiro atoms. The maximum Gasteiger partial charge on any atom is 0.275 e. The van der Waals surface area contributed by atoms with Crippen LogP contribution < -0.4 is 5.56 Å². The number of fused-ring (bicyclic) bond motifs is 3. The molecule has 6 heteroatoms. The highest BCUT2D eigenvalue weighted by Crippen LogP contribution is 2.21. The van der Waals surface area contributed by atoms with Gasteiger partial charge in [0.25, 0.3) is 5.56 Å². The molecule has 1 aliphatic rings. The maximum absolute atomic E-state index is 13.0. The predicted molar refractivity (Wildman–Crippen MR) is 111 cm³/mol. The lowest BCUT2D eigenvalue weighted by atomic mass is 9.99. The fourth-order valence-electron chi connectivity index (χ4n) is 3.96. The van der Waals surface area contributed by atoms with Crippen molar-refractivity contribution in [3.63, 3.8) is 0 Å². The predicted octanol–water partition coefficient (Wildman–Crippen LogP) is 4.06. The molecule has 0 bridgehead atoms. The highest BCUT2D eigenvalue weighted by molar-refractivity contribution is 9.10. The van der Waals surface area contributed by atoms with Gasteiger partial charge >= 0.3 is 0 Å². The topological polar surface area (TPSA) is 46.7 Å². The molecule has 3 heterocycles. The van der Waals surface area contributed by atoms with Gasteiger partial charge in [-0.2, -0.15) is 0 Å². The molecule has 142 valence electrons. The molecule has 1 amide bonds. The summed E-state index contributed by atoms with van der Waals surface area (Å²) in [6, 6.07) is 9.72. The number of piperidine rings is 1. The van der Waals surface area contributed by atoms with Gasteiger partial charge in [-0.1, -0.05) is 22.9 Å². The van der Waals surface area contributed by atoms with Crippen molar-refractivity contribution in [1.29, 1.82) is 0 Å². The zero-order chi connectivity index (χ0) is 19.0. The lowest BCUT2D eigenvalue weighted by molar-refractivity contribution is -0.132. The minimum atomic E-state index is -0.00940. The molecule has 0 radical (unpaired) electrons. The molecule has 3 aromatic rings. The van der Waals surface area contributed by atoms with E-state index in [0.717, 1.165) is 41.4 Å². The largest absolute Gasteiger partial charge is 0.343 e. The van der Waals surface area contributed by atoms with Gasteiger partial charge in [0.15, 0.2) is 0 Å². The smallest absolute Gasteiger partial charge is 0.275 e. The number of benzene rings is 1. The Morgan fingerprint density at radius 1 is 1.15 bits per heavy atom. The van der Waals surface area contributed by atoms with Crippen LogP contribution in [0.15, 0.2) is 45.8 Å². The van der Waals surface area contributed by atoms with Crippen LogP contribution in [0.5, 0.6) is 0 Å². The first-order chi connectivity index (χ1) is 13.0. The number of carbonyl (C=O) groups excluding carboxylic acids is 1. The average Bonchev–Trinajstić information content (AvgIpc) is 3.15. The van der Waals surface area contributed by atoms with E-state index in [2.05, 4.69) is 22.9 Å². The first-order valence-electron chi connectivity index (χ1n) is 9.61. The fourth-order valence-corrected chi connectivity index (χ4v) is 4.30. The van der Waals surface area contributed by atoms with Crippen molar-refractivity contribution in [2.45, 2.75) is 39.2 Å². The summed E-state index contributed by atoms with van der Waals surface area (Å²) in [7, 11) is 0. The Balaban J connectivity index is 1.56. The molecule has 0 atom stereocenters. The van der Waals surface area contributed by atoms with Gasteiger partial charge in [-0.25, -0.2) is 0 Å². The molecular formula is C21H24BrN3O2. The van der Waals surface area contributed by atoms with E-state index in [9.17, 15) is 9.59 Å². The summed E-state index contributed by atoms with van der Waals surface area (Å²) in [4.78, 5) is 27.4. The van der Waals surface area contributed by atoms with Crippen LogP contribution in [0.2, 0.25) is 0 Å². The number of aryl methyl sites for hydroxylation is 1. The van der Waals surface area contributed by atoms with E-state index in [1.807, 2.05) is 45.8 Å². The van der Waals surface area contributed by atoms with Crippen molar-refractivity contribution in [3.05, 3.63) is 51.4 Å². The minimum Gasteiger partial charge on any atom is -0.343 e. The van der Waals surface area contributed by atoms with Crippen molar-refractivity contribution in [2.75, 3.05) is 13.1 Å². The van der Waals surface area contributed by atoms with Gasteiger partial charge in [-0.05, 0) is 55.5 Å². The number of hydrogen-bond acceptors (Lipinski definition) is 2. The number of nitrogens with zero attached hydrogens (tertiary/aromatic N) is 3. The molecule has 5 nitrogen and oxygen atoms in total. The van der Waals surface area contributed by atoms with Crippen LogP contribution in [0.25, 0.3) is 16.6 Å². The number of hydrogen-bond donors (Lipinski definition) is 0. The lowest BCUT2D eigenvalue weighted by Crippen LogP contribution is -2.38. The van der Waals surface area contributed by atoms with E-state index < -0.39 is 0 Å². The normalized spacial score (nSPS) is 15.7. The lowest BCUT2D eigenvalue weighted by Gasteiger charge is -2.30. The molecule has 1 aromatic carbocycles. The molecule has 0 N–H and O–H groups in total. The third-order valence-electron chi connectivity index (χ3n) is 5.61. The van der Waals surface area contributed by atoms with Crippen molar-refractivity contribution in [1.82, 2.24) is 13.9 Å². The van der Waals surface area contributed by atoms with Gasteiger partial charge < -0.3 is 13.9 Å². The molecule has 0 unspecified atom stereocenters. The molecular weight excluding hydrogens is 406 g/mol. The molecule has 1 saturated heterocycles. The average molecular weight is 430 g/mol. The van der Waals surface area contributed by atoms with Crippen LogP contribution in [0.3, 0.4) is 0 Å². The molecule has 1 fully saturated rings. The molecule has 27 heavy (non-hydrogen) atoms. The first-order valence-corrected chi connectivity index (χ1v) is 10.4. The van der Waals surface area contributed by atoms with Crippen LogP contribution in [-0.2, 0) is 11.3 Å². The van der Waals surface area contributed by atoms with Gasteiger partial charge in [0.2, 0.25) is 5.91 Å². The summed E-state index contributed by atoms with van der Waals surface area (Å²) in [5, 5.41) is 0. The van der Waals surface area contributed by atoms with Gasteiger partial charge in [0.1, 0.15) is 5.52 Å². The third-order valence-corrected chi connectivity index (χ3v) is 6.10. The SMILES string of the molecule is CC1CCN(C(=O)CCCn2c(=O)c3cccn3c3ccc(Br)cc32)CC1. The number of carbonyl (C=O) groups is 1. The Morgan fingerprint density at radius 3 is 2.70 bits per heavy atom. The van der Waals surface area contributed by atoms with Gasteiger partial charge in [-0.3, -0.25) is 9.59 Å². The van der Waals surface area contributed by atoms with Gasteiger partial charge in [-0.15, -0.1) is 0 Å². The summed E-state index contributed by atoms with van der Waals surface area (Å²) in [5.74, 6) is 0.926. The zero-order valence-electron chi connectivity index (χ0n) is 15.5. The van der Waals surface area contributed by atoms with Gasteiger partial charge in [0.05, 0.1) is 11.0 Å². The zero-order valence-corrected chi connectivity index (χ0v) is 17.1. The Bertz CT molecular complexity index is 1040. The van der Waals surface area contributed by atoms with Crippen molar-refractivity contribution >= 4 is 38.4 Å². The standard InChI is InChI=1S/C21H24BrN3O2/c1-15-8-12-23(13-9-15)20(26)5-3-11-25-19-14-16(22)6-7-17(19)24-10-2-4-18(24)21(25)27/h2,4,6-7,10,14-15H,3,5,8-9,11-13H2,1H3. The van der Waals surface area contributed by atoms with Crippen LogP contribution in [0.4, 0.5) is 0 Å². The Hall–Kier alpha value is -2.08. The summed E-state index contributed by atoms with van der Waals surface area (Å²) < 4.78 is 4.68. The summed E-state index contributed by atoms with van der Waals surface area (Å²) in [6.07, 6.45) is 5.26. The second kappa shape index (κ2) is 7.50. The summed E-state index contributed by atoms with van der Waals surface area (Å²) in [5.41, 5.74) is 2.54. The number of aromatic nitrogens is 2. The highest BCUT2D eigenvalue weighted by atomic mass is 79.9. The van der Waals surface area contributed by atoms with Crippen LogP contribution in [0.1, 0.15) is 32.6 Å². The molecule has 4 rings (SSSR count). The maximum atomic E-state index is 13.0. The molecule has 0 saturated carbocycles. The molecule has 1 aliphatic heterocycles. The monoisotopic (exact) mass is 429 g/mol. The first kappa shape index (κ1) is 18.3. The second-order valence-electron chi connectivity index (χ2n) is 7.52. The van der Waals surface area contributed by atoms with Gasteiger partial charge in [0, 0.05) is 36.7 Å². The number of likely N-dealkylation sites (tertiary alicyclic amines) is 1. The minimum absolute atomic E-state index is 0.00940. The Kier molecular flexibility index (Phi) is 5.08. The van der Waals surface area contributed by atoms with Crippen molar-refractivity contribution < 1.29 is 4.79 Å². The van der Waals surface area contributed by atoms with E-state index in [1.165, 1.54) is 0 Å². The Labute approximate surface area is 166 Å².